The van der Waals surface area contributed by atoms with Crippen molar-refractivity contribution in [2.45, 2.75) is 149 Å². The molecule has 13 N–H and O–H groups in total. The summed E-state index contributed by atoms with van der Waals surface area (Å²) in [5.41, 5.74) is 6.12. The summed E-state index contributed by atoms with van der Waals surface area (Å²) in [6.07, 6.45) is 4.32. The first kappa shape index (κ1) is 113. The average molecular weight is 2340 g/mol. The summed E-state index contributed by atoms with van der Waals surface area (Å²) in [5, 5.41) is 67.1. The number of aromatic hydroxyl groups is 5. The van der Waals surface area contributed by atoms with Gasteiger partial charge in [-0.2, -0.15) is 0 Å². The Balaban J connectivity index is 0.000000210. The number of hydrogen-bond donors (Lipinski definition) is 13. The topological polar surface area (TPSA) is 509 Å². The van der Waals surface area contributed by atoms with Gasteiger partial charge >= 0.3 is 0 Å². The molecule has 8 amide bonds. The molecular weight excluding hydrogens is 2250 g/mol. The number of benzene rings is 9. The highest BCUT2D eigenvalue weighted by Crippen LogP contribution is 2.41. The third kappa shape index (κ3) is 28.6. The van der Waals surface area contributed by atoms with Gasteiger partial charge in [-0.1, -0.05) is 140 Å². The zero-order chi connectivity index (χ0) is 104. The van der Waals surface area contributed by atoms with Gasteiger partial charge in [0.25, 0.3) is 23.6 Å². The van der Waals surface area contributed by atoms with Crippen LogP contribution in [0, 0.1) is 48.7 Å². The molecule has 3 heterocycles. The van der Waals surface area contributed by atoms with Gasteiger partial charge in [0.15, 0.2) is 39.3 Å². The molecule has 0 spiro atoms. The largest absolute Gasteiger partial charge is 0.507 e. The molecule has 12 rings (SSSR count). The number of anilines is 8. The van der Waals surface area contributed by atoms with Gasteiger partial charge in [0.2, 0.25) is 23.6 Å². The fraction of sp³-hybridized carbons (Fsp3) is 0.206. The van der Waals surface area contributed by atoms with Gasteiger partial charge in [-0.25, -0.2) is 33.7 Å². The van der Waals surface area contributed by atoms with E-state index >= 15 is 0 Å². The predicted molar refractivity (Wildman–Crippen MR) is 564 cm³/mol. The number of carbonyl (C=O) groups excluding carboxylic acids is 8. The van der Waals surface area contributed by atoms with Crippen molar-refractivity contribution >= 4 is 247 Å². The Morgan fingerprint density at radius 3 is 0.993 bits per heavy atom. The molecule has 0 bridgehead atoms. The van der Waals surface area contributed by atoms with Gasteiger partial charge in [-0.15, -0.1) is 0 Å². The molecule has 0 aliphatic heterocycles. The number of pyridine rings is 3. The van der Waals surface area contributed by atoms with E-state index in [1.54, 1.807) is 147 Å². The standard InChI is InChI=1S/C25H25Cl2N3O5S.C25H26ClN3O6S.C24H21Cl2IN2O5S.C23H21ClIN3O5S/c1-5-23(36(34,35)17-9-13(2)15(4)28-12-17)25(33)29-20-11-22(31)21(10-19(20)27)30-24(32)18-7-6-16(26)8-14(18)3;1-4-15-7-9-21(30)17(10-15)24(32)29-20-11-18(26)19(12-22(20)31)28-25(33)23(5-2)36(34,35)16-8-6-14(3)27-13-16;1-3-22(35(33,34)15-7-4-13(2)5-8-15)24(32)28-19-12-21(30)20(11-17(19)26)29-23(31)16-9-6-14(25)10-18(16)27;1-3-21(34(32,33)14-9-8-13(2)26-12-14)23(31)27-18-11-20(29)19(10-16(18)24)28-22(30)15-6-4-5-7-17(15)25/h6-12,23,31H,5H2,1-4H3,(H,29,33)(H,30,32);6-13,23,30-31H,4-5H2,1-3H3,(H,28,33)(H,29,32);4-12,22,30H,3H2,1-2H3,(H,28,32)(H,29,31);4-12,21,29H,3H2,1-2H3,(H,27,31)(H,28,30). The molecule has 0 saturated carbocycles. The number of nitrogens with zero attached hydrogens (tertiary/aromatic N) is 3. The van der Waals surface area contributed by atoms with E-state index in [9.17, 15) is 97.6 Å². The van der Waals surface area contributed by atoms with Crippen LogP contribution in [0.5, 0.6) is 28.7 Å². The van der Waals surface area contributed by atoms with Crippen LogP contribution in [-0.4, -0.2) is 142 Å². The summed E-state index contributed by atoms with van der Waals surface area (Å²) in [7, 11) is -16.0. The number of phenolic OH excluding ortho intramolecular Hbond substituents is 5. The Bertz CT molecular complexity index is 7330. The third-order valence-corrected chi connectivity index (χ3v) is 33.7. The molecule has 0 saturated heterocycles. The number of carbonyl (C=O) groups is 8. The third-order valence-electron chi connectivity index (χ3n) is 21.4. The fourth-order valence-corrected chi connectivity index (χ4v) is 22.6. The Hall–Kier alpha value is -11.8. The van der Waals surface area contributed by atoms with E-state index < -0.39 is 113 Å². The van der Waals surface area contributed by atoms with Gasteiger partial charge < -0.3 is 68.1 Å². The molecule has 44 heteroatoms. The van der Waals surface area contributed by atoms with Crippen LogP contribution in [-0.2, 0) is 64.9 Å². The summed E-state index contributed by atoms with van der Waals surface area (Å²) in [6.45, 7) is 18.7. The molecule has 32 nitrogen and oxygen atoms in total. The Labute approximate surface area is 870 Å². The van der Waals surface area contributed by atoms with Crippen molar-refractivity contribution in [3.8, 4) is 28.7 Å². The smallest absolute Gasteiger partial charge is 0.259 e. The number of rotatable bonds is 29. The highest BCUT2D eigenvalue weighted by atomic mass is 127. The quantitative estimate of drug-likeness (QED) is 0.0153. The summed E-state index contributed by atoms with van der Waals surface area (Å²) in [4.78, 5) is 114. The lowest BCUT2D eigenvalue weighted by molar-refractivity contribution is -0.116. The number of aryl methyl sites for hydroxylation is 7. The monoisotopic (exact) mass is 2340 g/mol. The summed E-state index contributed by atoms with van der Waals surface area (Å²) < 4.78 is 106. The normalized spacial score (nSPS) is 12.1. The molecule has 0 aliphatic rings. The van der Waals surface area contributed by atoms with E-state index in [2.05, 4.69) is 57.5 Å². The first-order chi connectivity index (χ1) is 66.3. The second-order valence-electron chi connectivity index (χ2n) is 31.4. The van der Waals surface area contributed by atoms with Crippen LogP contribution in [0.1, 0.15) is 141 Å². The SMILES string of the molecule is CCC(C(=O)Nc1cc(O)c(NC(=O)c2ccc(Cl)cc2C)cc1Cl)S(=O)(=O)c1cnc(C)c(C)c1.CCC(C(=O)Nc1cc(O)c(NC(=O)c2ccc(Cl)cc2I)cc1Cl)S(=O)(=O)c1ccc(C)cc1.CCC(C(=O)Nc1cc(O)c(NC(=O)c2ccccc2I)cc1Cl)S(=O)(=O)c1ccc(C)nc1.CCc1ccc(O)c(C(=O)Nc2cc(Cl)c(NC(=O)C(CC)S(=O)(=O)c3ccc(C)nc3)cc2O)c1. The molecule has 9 aromatic carbocycles. The first-order valence-corrected chi connectivity index (χ1v) is 53.1. The van der Waals surface area contributed by atoms with Crippen LogP contribution in [0.15, 0.2) is 220 Å². The zero-order valence-corrected chi connectivity index (χ0v) is 88.8. The number of aromatic nitrogens is 3. The Morgan fingerprint density at radius 1 is 0.312 bits per heavy atom. The lowest BCUT2D eigenvalue weighted by Gasteiger charge is -2.18. The van der Waals surface area contributed by atoms with Gasteiger partial charge in [0.05, 0.1) is 102 Å². The predicted octanol–water partition coefficient (Wildman–Crippen LogP) is 20.8. The number of amides is 8. The van der Waals surface area contributed by atoms with Crippen LogP contribution in [0.4, 0.5) is 45.5 Å². The second kappa shape index (κ2) is 49.3. The Kier molecular flexibility index (Phi) is 39.4. The van der Waals surface area contributed by atoms with Crippen molar-refractivity contribution in [3.63, 3.8) is 0 Å². The maximum absolute atomic E-state index is 13.1. The number of halogens is 8. The van der Waals surface area contributed by atoms with E-state index in [1.807, 2.05) is 59.0 Å². The van der Waals surface area contributed by atoms with E-state index in [-0.39, 0.29) is 139 Å². The maximum Gasteiger partial charge on any atom is 0.259 e. The second-order valence-corrected chi connectivity index (χ2v) is 44.7. The van der Waals surface area contributed by atoms with Crippen molar-refractivity contribution in [1.29, 1.82) is 0 Å². The number of hydrogen-bond acceptors (Lipinski definition) is 24. The number of phenols is 5. The molecule has 12 aromatic rings. The minimum atomic E-state index is -4.04. The molecule has 0 fully saturated rings. The van der Waals surface area contributed by atoms with E-state index in [1.165, 1.54) is 91.4 Å². The highest BCUT2D eigenvalue weighted by molar-refractivity contribution is 14.1. The Morgan fingerprint density at radius 2 is 0.645 bits per heavy atom. The highest BCUT2D eigenvalue weighted by Gasteiger charge is 2.39. The maximum atomic E-state index is 13.1. The molecule has 4 atom stereocenters. The summed E-state index contributed by atoms with van der Waals surface area (Å²) in [5.74, 6) is -7.09. The van der Waals surface area contributed by atoms with Crippen LogP contribution < -0.4 is 42.5 Å². The minimum absolute atomic E-state index is 0.000148. The first-order valence-electron chi connectivity index (χ1n) is 42.5. The molecule has 3 aromatic heterocycles. The van der Waals surface area contributed by atoms with Crippen LogP contribution in [0.3, 0.4) is 0 Å². The summed E-state index contributed by atoms with van der Waals surface area (Å²) in [6, 6.07) is 44.2. The van der Waals surface area contributed by atoms with E-state index in [0.717, 1.165) is 39.0 Å². The van der Waals surface area contributed by atoms with Gasteiger partial charge in [0, 0.05) is 82.7 Å². The number of sulfone groups is 4. The van der Waals surface area contributed by atoms with Gasteiger partial charge in [0.1, 0.15) is 49.7 Å². The lowest BCUT2D eigenvalue weighted by atomic mass is 10.1. The average Bonchev–Trinajstić information content (AvgIpc) is 0.745. The van der Waals surface area contributed by atoms with Gasteiger partial charge in [-0.3, -0.25) is 53.3 Å². The molecule has 0 radical (unpaired) electrons. The van der Waals surface area contributed by atoms with Crippen LogP contribution >= 0.6 is 115 Å². The van der Waals surface area contributed by atoms with Crippen molar-refractivity contribution in [3.05, 3.63) is 299 Å². The van der Waals surface area contributed by atoms with E-state index in [0.29, 0.717) is 64.9 Å². The fourth-order valence-electron chi connectivity index (χ4n) is 13.4. The molecule has 4 unspecified atom stereocenters. The number of nitrogens with one attached hydrogen (secondary N) is 8. The van der Waals surface area contributed by atoms with E-state index in [4.69, 9.17) is 69.6 Å². The molecule has 0 aliphatic carbocycles. The van der Waals surface area contributed by atoms with Crippen molar-refractivity contribution < 1.29 is 97.6 Å². The van der Waals surface area contributed by atoms with Gasteiger partial charge in [-0.05, 0) is 263 Å². The van der Waals surface area contributed by atoms with Crippen LogP contribution in [0.25, 0.3) is 0 Å². The van der Waals surface area contributed by atoms with Crippen LogP contribution in [0.2, 0.25) is 30.1 Å². The van der Waals surface area contributed by atoms with Crippen molar-refractivity contribution in [2.75, 3.05) is 42.5 Å². The van der Waals surface area contributed by atoms with Crippen molar-refractivity contribution in [2.24, 2.45) is 0 Å². The zero-order valence-electron chi connectivity index (χ0n) is 76.7. The molecule has 742 valence electrons. The molecule has 141 heavy (non-hydrogen) atoms. The lowest BCUT2D eigenvalue weighted by Crippen LogP contribution is -2.35. The molecular formula is C97H93Cl6I2N11O21S4. The minimum Gasteiger partial charge on any atom is -0.507 e. The van der Waals surface area contributed by atoms with Crippen molar-refractivity contribution in [1.82, 2.24) is 15.0 Å². The summed E-state index contributed by atoms with van der Waals surface area (Å²) >= 11 is 40.9.